The van der Waals surface area contributed by atoms with Gasteiger partial charge in [-0.15, -0.1) is 0 Å². The van der Waals surface area contributed by atoms with Crippen molar-refractivity contribution in [3.8, 4) is 0 Å². The summed E-state index contributed by atoms with van der Waals surface area (Å²) in [6.45, 7) is 5.45. The molecule has 1 aliphatic heterocycles. The molecule has 3 rings (SSSR count). The average Bonchev–Trinajstić information content (AvgIpc) is 2.62. The predicted molar refractivity (Wildman–Crippen MR) is 104 cm³/mol. The van der Waals surface area contributed by atoms with Crippen molar-refractivity contribution >= 4 is 11.8 Å². The minimum Gasteiger partial charge on any atom is -0.363 e. The normalized spacial score (nSPS) is 16.0. The van der Waals surface area contributed by atoms with Crippen molar-refractivity contribution in [2.75, 3.05) is 44.0 Å². The predicted octanol–water partition coefficient (Wildman–Crippen LogP) is 2.95. The smallest absolute Gasteiger partial charge is 0.227 e. The second-order valence-corrected chi connectivity index (χ2v) is 7.22. The molecule has 0 unspecified atom stereocenters. The molecule has 1 aliphatic rings. The number of rotatable bonds is 5. The van der Waals surface area contributed by atoms with Crippen LogP contribution in [0.2, 0.25) is 0 Å². The van der Waals surface area contributed by atoms with Gasteiger partial charge in [0.05, 0.1) is 0 Å². The summed E-state index contributed by atoms with van der Waals surface area (Å²) in [6, 6.07) is 11.3. The zero-order valence-corrected chi connectivity index (χ0v) is 15.8. The third-order valence-electron chi connectivity index (χ3n) is 5.00. The highest BCUT2D eigenvalue weighted by Crippen LogP contribution is 2.22. The van der Waals surface area contributed by atoms with Gasteiger partial charge in [-0.25, -0.2) is 4.98 Å². The number of aromatic nitrogens is 2. The van der Waals surface area contributed by atoms with Gasteiger partial charge in [-0.05, 0) is 31.4 Å². The summed E-state index contributed by atoms with van der Waals surface area (Å²) < 4.78 is 0. The molecule has 0 amide bonds. The van der Waals surface area contributed by atoms with E-state index in [1.165, 1.54) is 11.1 Å². The Balaban J connectivity index is 1.57. The lowest BCUT2D eigenvalue weighted by atomic mass is 10.0. The number of nitrogens with zero attached hydrogens (tertiary/aromatic N) is 5. The lowest BCUT2D eigenvalue weighted by Crippen LogP contribution is -2.43. The van der Waals surface area contributed by atoms with Gasteiger partial charge in [-0.2, -0.15) is 4.98 Å². The van der Waals surface area contributed by atoms with Crippen LogP contribution in [-0.2, 0) is 6.54 Å². The summed E-state index contributed by atoms with van der Waals surface area (Å²) in [4.78, 5) is 16.0. The number of aryl methyl sites for hydroxylation is 1. The van der Waals surface area contributed by atoms with E-state index in [-0.39, 0.29) is 0 Å². The van der Waals surface area contributed by atoms with Gasteiger partial charge in [0, 0.05) is 53.0 Å². The van der Waals surface area contributed by atoms with Gasteiger partial charge in [0.2, 0.25) is 5.95 Å². The van der Waals surface area contributed by atoms with E-state index in [2.05, 4.69) is 58.0 Å². The third-order valence-corrected chi connectivity index (χ3v) is 5.00. The molecule has 0 atom stereocenters. The van der Waals surface area contributed by atoms with Gasteiger partial charge in [-0.1, -0.05) is 29.8 Å². The van der Waals surface area contributed by atoms with E-state index in [9.17, 15) is 0 Å². The Bertz CT molecular complexity index is 692. The Kier molecular flexibility index (Phi) is 5.53. The maximum absolute atomic E-state index is 4.67. The molecule has 1 aromatic carbocycles. The van der Waals surface area contributed by atoms with Gasteiger partial charge in [-0.3, -0.25) is 4.90 Å². The van der Waals surface area contributed by atoms with E-state index in [4.69, 9.17) is 0 Å². The van der Waals surface area contributed by atoms with Gasteiger partial charge in [0.25, 0.3) is 0 Å². The topological polar surface area (TPSA) is 35.5 Å². The number of hydrogen-bond donors (Lipinski definition) is 0. The molecular weight excluding hydrogens is 310 g/mol. The number of hydrogen-bond acceptors (Lipinski definition) is 5. The quantitative estimate of drug-likeness (QED) is 0.837. The van der Waals surface area contributed by atoms with Crippen molar-refractivity contribution < 1.29 is 0 Å². The van der Waals surface area contributed by atoms with Crippen molar-refractivity contribution in [2.24, 2.45) is 0 Å². The first-order valence-corrected chi connectivity index (χ1v) is 9.04. The van der Waals surface area contributed by atoms with Gasteiger partial charge in [0.15, 0.2) is 0 Å². The van der Waals surface area contributed by atoms with Crippen molar-refractivity contribution in [3.05, 3.63) is 47.7 Å². The molecule has 134 valence electrons. The summed E-state index contributed by atoms with van der Waals surface area (Å²) in [5.41, 5.74) is 2.75. The Morgan fingerprint density at radius 1 is 1.12 bits per heavy atom. The number of benzene rings is 1. The zero-order chi connectivity index (χ0) is 17.8. The highest BCUT2D eigenvalue weighted by atomic mass is 15.3. The maximum atomic E-state index is 4.67. The first-order valence-electron chi connectivity index (χ1n) is 9.04. The number of anilines is 2. The molecule has 2 heterocycles. The van der Waals surface area contributed by atoms with Crippen LogP contribution in [-0.4, -0.2) is 55.1 Å². The highest BCUT2D eigenvalue weighted by Gasteiger charge is 2.24. The van der Waals surface area contributed by atoms with Crippen molar-refractivity contribution in [2.45, 2.75) is 32.4 Å². The Hall–Kier alpha value is -2.14. The Morgan fingerprint density at radius 3 is 2.56 bits per heavy atom. The van der Waals surface area contributed by atoms with Crippen LogP contribution in [0.1, 0.15) is 24.0 Å². The van der Waals surface area contributed by atoms with E-state index >= 15 is 0 Å². The molecule has 2 aromatic rings. The standard InChI is InChI=1S/C20H29N5/c1-16-6-5-7-17(14-16)15-25-12-9-18(10-13-25)24(4)20-21-11-8-19(22-20)23(2)3/h5-8,11,14,18H,9-10,12-13,15H2,1-4H3. The fourth-order valence-corrected chi connectivity index (χ4v) is 3.45. The fraction of sp³-hybridized carbons (Fsp3) is 0.500. The summed E-state index contributed by atoms with van der Waals surface area (Å²) in [5.74, 6) is 1.78. The number of piperidine rings is 1. The second-order valence-electron chi connectivity index (χ2n) is 7.22. The molecular formula is C20H29N5. The number of likely N-dealkylation sites (tertiary alicyclic amines) is 1. The molecule has 0 radical (unpaired) electrons. The molecule has 1 aromatic heterocycles. The summed E-state index contributed by atoms with van der Waals surface area (Å²) in [6.07, 6.45) is 4.15. The lowest BCUT2D eigenvalue weighted by Gasteiger charge is -2.37. The van der Waals surface area contributed by atoms with Crippen LogP contribution in [0.25, 0.3) is 0 Å². The van der Waals surface area contributed by atoms with E-state index in [1.54, 1.807) is 0 Å². The molecule has 0 spiro atoms. The SMILES string of the molecule is Cc1cccc(CN2CCC(N(C)c3nccc(N(C)C)n3)CC2)c1. The lowest BCUT2D eigenvalue weighted by molar-refractivity contribution is 0.203. The van der Waals surface area contributed by atoms with Gasteiger partial charge < -0.3 is 9.80 Å². The van der Waals surface area contributed by atoms with Crippen LogP contribution in [0.4, 0.5) is 11.8 Å². The highest BCUT2D eigenvalue weighted by molar-refractivity contribution is 5.42. The molecule has 0 bridgehead atoms. The molecule has 0 aliphatic carbocycles. The Morgan fingerprint density at radius 2 is 1.88 bits per heavy atom. The van der Waals surface area contributed by atoms with Crippen LogP contribution in [0.15, 0.2) is 36.5 Å². The van der Waals surface area contributed by atoms with Crippen LogP contribution in [0, 0.1) is 6.92 Å². The monoisotopic (exact) mass is 339 g/mol. The van der Waals surface area contributed by atoms with Crippen LogP contribution < -0.4 is 9.80 Å². The largest absolute Gasteiger partial charge is 0.363 e. The first-order chi connectivity index (χ1) is 12.0. The molecule has 0 saturated carbocycles. The van der Waals surface area contributed by atoms with Crippen molar-refractivity contribution in [1.82, 2.24) is 14.9 Å². The van der Waals surface area contributed by atoms with E-state index < -0.39 is 0 Å². The third kappa shape index (κ3) is 4.48. The zero-order valence-electron chi connectivity index (χ0n) is 15.8. The van der Waals surface area contributed by atoms with Crippen LogP contribution >= 0.6 is 0 Å². The molecule has 5 nitrogen and oxygen atoms in total. The van der Waals surface area contributed by atoms with E-state index in [1.807, 2.05) is 31.3 Å². The van der Waals surface area contributed by atoms with E-state index in [0.717, 1.165) is 44.2 Å². The molecule has 1 saturated heterocycles. The second kappa shape index (κ2) is 7.83. The molecule has 1 fully saturated rings. The summed E-state index contributed by atoms with van der Waals surface area (Å²) >= 11 is 0. The first kappa shape index (κ1) is 17.7. The van der Waals surface area contributed by atoms with E-state index in [0.29, 0.717) is 6.04 Å². The molecule has 5 heteroatoms. The van der Waals surface area contributed by atoms with Crippen LogP contribution in [0.3, 0.4) is 0 Å². The maximum Gasteiger partial charge on any atom is 0.227 e. The summed E-state index contributed by atoms with van der Waals surface area (Å²) in [5, 5.41) is 0. The average molecular weight is 339 g/mol. The molecule has 25 heavy (non-hydrogen) atoms. The van der Waals surface area contributed by atoms with Gasteiger partial charge in [0.1, 0.15) is 5.82 Å². The van der Waals surface area contributed by atoms with Crippen LogP contribution in [0.5, 0.6) is 0 Å². The molecule has 0 N–H and O–H groups in total. The fourth-order valence-electron chi connectivity index (χ4n) is 3.45. The van der Waals surface area contributed by atoms with Crippen molar-refractivity contribution in [3.63, 3.8) is 0 Å². The Labute approximate surface area is 151 Å². The van der Waals surface area contributed by atoms with Crippen molar-refractivity contribution in [1.29, 1.82) is 0 Å². The van der Waals surface area contributed by atoms with Gasteiger partial charge >= 0.3 is 0 Å². The minimum absolute atomic E-state index is 0.506. The minimum atomic E-state index is 0.506. The summed E-state index contributed by atoms with van der Waals surface area (Å²) in [7, 11) is 6.14.